The zero-order chi connectivity index (χ0) is 13.3. The van der Waals surface area contributed by atoms with Crippen molar-refractivity contribution in [2.75, 3.05) is 11.9 Å². The van der Waals surface area contributed by atoms with Gasteiger partial charge in [-0.25, -0.2) is 18.2 Å². The van der Waals surface area contributed by atoms with Crippen LogP contribution in [0, 0.1) is 12.7 Å². The van der Waals surface area contributed by atoms with Crippen LogP contribution < -0.4 is 5.32 Å². The molecule has 1 heterocycles. The summed E-state index contributed by atoms with van der Waals surface area (Å²) >= 11 is 0. The number of nitrogens with one attached hydrogen (secondary N) is 1. The summed E-state index contributed by atoms with van der Waals surface area (Å²) in [6.45, 7) is 4.22. The number of rotatable bonds is 3. The van der Waals surface area contributed by atoms with Gasteiger partial charge in [0, 0.05) is 17.6 Å². The molecule has 1 N–H and O–H groups in total. The lowest BCUT2D eigenvalue weighted by Gasteiger charge is -2.12. The second-order valence-corrected chi connectivity index (χ2v) is 4.01. The van der Waals surface area contributed by atoms with Crippen LogP contribution in [0.3, 0.4) is 0 Å². The fraction of sp³-hybridized carbons (Fsp3) is 0.308. The Morgan fingerprint density at radius 1 is 1.33 bits per heavy atom. The highest BCUT2D eigenvalue weighted by molar-refractivity contribution is 5.94. The quantitative estimate of drug-likeness (QED) is 0.893. The van der Waals surface area contributed by atoms with Crippen molar-refractivity contribution in [3.8, 4) is 0 Å². The molecule has 1 aromatic heterocycles. The third-order valence-corrected chi connectivity index (χ3v) is 2.73. The Labute approximate surface area is 103 Å². The predicted octanol–water partition coefficient (Wildman–Crippen LogP) is 4.05. The van der Waals surface area contributed by atoms with Gasteiger partial charge < -0.3 is 5.32 Å². The summed E-state index contributed by atoms with van der Waals surface area (Å²) in [7, 11) is 0. The van der Waals surface area contributed by atoms with Crippen molar-refractivity contribution in [2.45, 2.75) is 20.3 Å². The lowest BCUT2D eigenvalue weighted by molar-refractivity contribution is 0.146. The normalized spacial score (nSPS) is 11.2. The molecule has 18 heavy (non-hydrogen) atoms. The maximum Gasteiger partial charge on any atom is 0.280 e. The van der Waals surface area contributed by atoms with E-state index in [0.717, 1.165) is 5.56 Å². The van der Waals surface area contributed by atoms with Gasteiger partial charge in [-0.1, -0.05) is 6.07 Å². The number of hydrogen-bond acceptors (Lipinski definition) is 2. The van der Waals surface area contributed by atoms with Crippen molar-refractivity contribution < 1.29 is 13.2 Å². The van der Waals surface area contributed by atoms with Crippen LogP contribution in [0.1, 0.15) is 24.6 Å². The highest BCUT2D eigenvalue weighted by atomic mass is 19.3. The molecule has 0 unspecified atom stereocenters. The van der Waals surface area contributed by atoms with Crippen LogP contribution >= 0.6 is 0 Å². The van der Waals surface area contributed by atoms with Gasteiger partial charge in [-0.2, -0.15) is 0 Å². The Kier molecular flexibility index (Phi) is 3.41. The number of anilines is 1. The number of pyridine rings is 1. The van der Waals surface area contributed by atoms with Gasteiger partial charge in [-0.15, -0.1) is 0 Å². The van der Waals surface area contributed by atoms with Crippen LogP contribution in [0.5, 0.6) is 0 Å². The van der Waals surface area contributed by atoms with E-state index in [1.807, 2.05) is 6.92 Å². The molecule has 0 bridgehead atoms. The third-order valence-electron chi connectivity index (χ3n) is 2.73. The van der Waals surface area contributed by atoms with E-state index in [4.69, 9.17) is 0 Å². The van der Waals surface area contributed by atoms with Crippen LogP contribution in [0.2, 0.25) is 0 Å². The minimum atomic E-state index is -2.72. The molecule has 0 spiro atoms. The Hall–Kier alpha value is -1.78. The van der Waals surface area contributed by atoms with E-state index < -0.39 is 17.9 Å². The first kappa shape index (κ1) is 12.7. The molecule has 0 radical (unpaired) electrons. The van der Waals surface area contributed by atoms with E-state index in [1.54, 1.807) is 13.0 Å². The highest BCUT2D eigenvalue weighted by Gasteiger charge is 2.16. The van der Waals surface area contributed by atoms with Gasteiger partial charge in [0.05, 0.1) is 0 Å². The molecule has 0 aliphatic rings. The van der Waals surface area contributed by atoms with Gasteiger partial charge >= 0.3 is 0 Å². The zero-order valence-electron chi connectivity index (χ0n) is 10.1. The summed E-state index contributed by atoms with van der Waals surface area (Å²) in [4.78, 5) is 3.71. The van der Waals surface area contributed by atoms with Crippen LogP contribution in [0.15, 0.2) is 18.2 Å². The van der Waals surface area contributed by atoms with Crippen molar-refractivity contribution in [1.82, 2.24) is 4.98 Å². The van der Waals surface area contributed by atoms with Crippen molar-refractivity contribution in [3.05, 3.63) is 35.3 Å². The number of aryl methyl sites for hydroxylation is 1. The molecule has 0 saturated carbocycles. The SMILES string of the molecule is CCNc1cc(C(F)F)nc2c(F)ccc(C)c12. The molecule has 5 heteroatoms. The molecule has 1 aromatic carbocycles. The molecule has 0 fully saturated rings. The lowest BCUT2D eigenvalue weighted by Crippen LogP contribution is -2.03. The van der Waals surface area contributed by atoms with Crippen molar-refractivity contribution in [3.63, 3.8) is 0 Å². The minimum Gasteiger partial charge on any atom is -0.385 e. The highest BCUT2D eigenvalue weighted by Crippen LogP contribution is 2.31. The average molecular weight is 254 g/mol. The Morgan fingerprint density at radius 3 is 2.67 bits per heavy atom. The first-order valence-corrected chi connectivity index (χ1v) is 5.66. The first-order valence-electron chi connectivity index (χ1n) is 5.66. The number of nitrogens with zero attached hydrogens (tertiary/aromatic N) is 1. The number of halogens is 3. The fourth-order valence-corrected chi connectivity index (χ4v) is 1.94. The zero-order valence-corrected chi connectivity index (χ0v) is 10.1. The monoisotopic (exact) mass is 254 g/mol. The molecular formula is C13H13F3N2. The van der Waals surface area contributed by atoms with Gasteiger partial charge in [0.25, 0.3) is 6.43 Å². The Bertz CT molecular complexity index is 582. The lowest BCUT2D eigenvalue weighted by atomic mass is 10.1. The van der Waals surface area contributed by atoms with Gasteiger partial charge in [0.1, 0.15) is 17.0 Å². The van der Waals surface area contributed by atoms with Crippen LogP contribution in [0.4, 0.5) is 18.9 Å². The molecule has 2 rings (SSSR count). The standard InChI is InChI=1S/C13H13F3N2/c1-3-17-9-6-10(13(15)16)18-12-8(14)5-4-7(2)11(9)12/h4-6,13H,3H2,1-2H3,(H,17,18). The number of fused-ring (bicyclic) bond motifs is 1. The smallest absolute Gasteiger partial charge is 0.280 e. The molecule has 0 saturated heterocycles. The third kappa shape index (κ3) is 2.12. The topological polar surface area (TPSA) is 24.9 Å². The van der Waals surface area contributed by atoms with Gasteiger partial charge in [0.2, 0.25) is 0 Å². The second kappa shape index (κ2) is 4.84. The van der Waals surface area contributed by atoms with E-state index >= 15 is 0 Å². The van der Waals surface area contributed by atoms with Gasteiger partial charge in [-0.3, -0.25) is 0 Å². The number of alkyl halides is 2. The summed E-state index contributed by atoms with van der Waals surface area (Å²) in [5.74, 6) is -0.586. The maximum atomic E-state index is 13.7. The van der Waals surface area contributed by atoms with Gasteiger partial charge in [0.15, 0.2) is 0 Å². The second-order valence-electron chi connectivity index (χ2n) is 4.01. The summed E-state index contributed by atoms with van der Waals surface area (Å²) in [6.07, 6.45) is -2.72. The van der Waals surface area contributed by atoms with Gasteiger partial charge in [-0.05, 0) is 31.5 Å². The van der Waals surface area contributed by atoms with Crippen molar-refractivity contribution in [1.29, 1.82) is 0 Å². The Morgan fingerprint density at radius 2 is 2.06 bits per heavy atom. The molecule has 2 aromatic rings. The number of benzene rings is 1. The van der Waals surface area contributed by atoms with E-state index in [0.29, 0.717) is 17.6 Å². The predicted molar refractivity (Wildman–Crippen MR) is 65.6 cm³/mol. The average Bonchev–Trinajstić information content (AvgIpc) is 2.33. The van der Waals surface area contributed by atoms with E-state index in [2.05, 4.69) is 10.3 Å². The van der Waals surface area contributed by atoms with E-state index in [-0.39, 0.29) is 5.52 Å². The molecule has 0 amide bonds. The largest absolute Gasteiger partial charge is 0.385 e. The van der Waals surface area contributed by atoms with E-state index in [9.17, 15) is 13.2 Å². The first-order chi connectivity index (χ1) is 8.54. The van der Waals surface area contributed by atoms with Crippen LogP contribution in [-0.4, -0.2) is 11.5 Å². The maximum absolute atomic E-state index is 13.7. The molecule has 96 valence electrons. The van der Waals surface area contributed by atoms with E-state index in [1.165, 1.54) is 12.1 Å². The summed E-state index contributed by atoms with van der Waals surface area (Å²) in [6, 6.07) is 4.14. The van der Waals surface area contributed by atoms with Crippen LogP contribution in [0.25, 0.3) is 10.9 Å². The van der Waals surface area contributed by atoms with Crippen molar-refractivity contribution in [2.24, 2.45) is 0 Å². The molecule has 0 atom stereocenters. The number of hydrogen-bond donors (Lipinski definition) is 1. The number of aromatic nitrogens is 1. The summed E-state index contributed by atoms with van der Waals surface area (Å²) in [5, 5.41) is 3.53. The Balaban J connectivity index is 2.80. The molecular weight excluding hydrogens is 241 g/mol. The van der Waals surface area contributed by atoms with Crippen molar-refractivity contribution >= 4 is 16.6 Å². The molecule has 0 aliphatic heterocycles. The molecule has 0 aliphatic carbocycles. The summed E-state index contributed by atoms with van der Waals surface area (Å²) < 4.78 is 39.2. The minimum absolute atomic E-state index is 0.0104. The fourth-order valence-electron chi connectivity index (χ4n) is 1.94. The van der Waals surface area contributed by atoms with Crippen LogP contribution in [-0.2, 0) is 0 Å². The molecule has 2 nitrogen and oxygen atoms in total. The summed E-state index contributed by atoms with van der Waals surface area (Å²) in [5.41, 5.74) is 0.872.